The van der Waals surface area contributed by atoms with Crippen molar-refractivity contribution in [2.24, 2.45) is 0 Å². The molecule has 0 radical (unpaired) electrons. The Morgan fingerprint density at radius 1 is 1.00 bits per heavy atom. The first-order valence-corrected chi connectivity index (χ1v) is 1.96. The van der Waals surface area contributed by atoms with Crippen LogP contribution in [0.2, 0.25) is 0 Å². The van der Waals surface area contributed by atoms with E-state index in [1.54, 1.807) is 0 Å². The molecule has 0 rings (SSSR count). The Kier molecular flexibility index (Phi) is 28.9. The summed E-state index contributed by atoms with van der Waals surface area (Å²) in [5.74, 6) is 0. The van der Waals surface area contributed by atoms with Crippen molar-refractivity contribution < 1.29 is 10.6 Å². The van der Waals surface area contributed by atoms with E-state index in [0.717, 1.165) is 0 Å². The van der Waals surface area contributed by atoms with Gasteiger partial charge in [0.25, 0.3) is 0 Å². The summed E-state index contributed by atoms with van der Waals surface area (Å²) in [4.78, 5) is 0. The Balaban J connectivity index is -0.0000000450. The Hall–Kier alpha value is 2.96. The summed E-state index contributed by atoms with van der Waals surface area (Å²) in [7, 11) is 0. The van der Waals surface area contributed by atoms with Gasteiger partial charge in [-0.15, -0.1) is 0 Å². The molecule has 0 saturated heterocycles. The minimum absolute atomic E-state index is 0. The molecule has 0 aromatic heterocycles. The zero-order valence-corrected chi connectivity index (χ0v) is 2.87. The van der Waals surface area contributed by atoms with Crippen molar-refractivity contribution in [3.05, 3.63) is 0 Å². The summed E-state index contributed by atoms with van der Waals surface area (Å²) in [6, 6.07) is 0. The van der Waals surface area contributed by atoms with Crippen molar-refractivity contribution in [1.82, 2.24) is 0 Å². The second-order valence-electron chi connectivity index (χ2n) is 0.247. The maximum atomic E-state index is 9.81. The number of rotatable bonds is 0. The normalized spacial score (nSPS) is 4.50. The molecule has 0 aliphatic heterocycles. The van der Waals surface area contributed by atoms with Crippen LogP contribution in [-0.2, 0) is 0 Å². The zero-order chi connectivity index (χ0) is 3.58. The summed E-state index contributed by atoms with van der Waals surface area (Å²) in [6.07, 6.45) is 0. The molecular weight excluding hydrogens is 146 g/mol. The first-order chi connectivity index (χ1) is 1.73. The second kappa shape index (κ2) is 10.9. The van der Waals surface area contributed by atoms with Crippen molar-refractivity contribution in [2.45, 2.75) is 0 Å². The molecule has 0 fully saturated rings. The molecule has 6 heteroatoms. The molecule has 28 valence electrons. The van der Waals surface area contributed by atoms with Crippen LogP contribution in [0.5, 0.6) is 0 Å². The number of hydrogen-bond acceptors (Lipinski definition) is 0. The average molecular weight is 148 g/mol. The Morgan fingerprint density at radius 3 is 1.00 bits per heavy atom. The third-order valence-corrected chi connectivity index (χ3v) is 0. The van der Waals surface area contributed by atoms with Gasteiger partial charge in [0, 0.05) is 0 Å². The summed E-state index contributed by atoms with van der Waals surface area (Å²) in [5.41, 5.74) is 0. The third kappa shape index (κ3) is 28.2. The van der Waals surface area contributed by atoms with E-state index in [4.69, 9.17) is 0 Å². The number of halogens is 3. The van der Waals surface area contributed by atoms with Crippen LogP contribution in [0.25, 0.3) is 0 Å². The molecule has 0 N–H and O–H groups in total. The Morgan fingerprint density at radius 2 is 1.00 bits per heavy atom. The fourth-order valence-electron chi connectivity index (χ4n) is 0. The third-order valence-electron chi connectivity index (χ3n) is 0. The molecule has 0 heterocycles. The molecule has 0 atom stereocenters. The SMILES string of the molecule is [F][Al]([F])[F].[KH].[NaH]. The zero-order valence-electron chi connectivity index (χ0n) is 1.71. The monoisotopic (exact) mass is 148 g/mol. The molecule has 0 spiro atoms. The van der Waals surface area contributed by atoms with Gasteiger partial charge in [-0.25, -0.2) is 0 Å². The Bertz CT molecular complexity index is 15.5. The maximum absolute atomic E-state index is 9.81. The molecule has 0 amide bonds. The van der Waals surface area contributed by atoms with Gasteiger partial charge in [0.05, 0.1) is 0 Å². The molecule has 0 nitrogen and oxygen atoms in total. The predicted octanol–water partition coefficient (Wildman–Crippen LogP) is -0.417. The quantitative estimate of drug-likeness (QED) is 0.409. The minimum atomic E-state index is -4.64. The molecule has 0 aromatic carbocycles. The van der Waals surface area contributed by atoms with Gasteiger partial charge in [0.15, 0.2) is 0 Å². The van der Waals surface area contributed by atoms with Crippen LogP contribution in [0.1, 0.15) is 0 Å². The molecule has 0 unspecified atom stereocenters. The van der Waals surface area contributed by atoms with Crippen molar-refractivity contribution >= 4 is 96.5 Å². The van der Waals surface area contributed by atoms with Crippen LogP contribution in [0.15, 0.2) is 0 Å². The van der Waals surface area contributed by atoms with E-state index >= 15 is 0 Å². The van der Waals surface area contributed by atoms with Crippen LogP contribution in [0, 0.1) is 0 Å². The molecular formula is H2AlF3KNa. The van der Waals surface area contributed by atoms with Crippen LogP contribution >= 0.6 is 0 Å². The summed E-state index contributed by atoms with van der Waals surface area (Å²) >= 11 is -4.64. The first kappa shape index (κ1) is 16.0. The first-order valence-electron chi connectivity index (χ1n) is 0.655. The van der Waals surface area contributed by atoms with Crippen LogP contribution in [0.4, 0.5) is 10.6 Å². The van der Waals surface area contributed by atoms with E-state index in [-0.39, 0.29) is 80.9 Å². The summed E-state index contributed by atoms with van der Waals surface area (Å²) < 4.78 is 29.4. The van der Waals surface area contributed by atoms with Gasteiger partial charge in [-0.1, -0.05) is 0 Å². The van der Waals surface area contributed by atoms with E-state index in [2.05, 4.69) is 0 Å². The molecule has 6 heavy (non-hydrogen) atoms. The van der Waals surface area contributed by atoms with Crippen molar-refractivity contribution in [1.29, 1.82) is 0 Å². The van der Waals surface area contributed by atoms with Gasteiger partial charge >= 0.3 is 96.5 Å². The van der Waals surface area contributed by atoms with E-state index in [9.17, 15) is 10.6 Å². The fourth-order valence-corrected chi connectivity index (χ4v) is 0. The summed E-state index contributed by atoms with van der Waals surface area (Å²) in [5, 5.41) is 0. The van der Waals surface area contributed by atoms with Crippen LogP contribution in [0.3, 0.4) is 0 Å². The van der Waals surface area contributed by atoms with Gasteiger partial charge < -0.3 is 10.6 Å². The predicted molar refractivity (Wildman–Crippen MR) is 23.4 cm³/mol. The van der Waals surface area contributed by atoms with Crippen LogP contribution < -0.4 is 0 Å². The van der Waals surface area contributed by atoms with E-state index < -0.39 is 15.5 Å². The fraction of sp³-hybridized carbons (Fsp3) is 0. The van der Waals surface area contributed by atoms with E-state index in [0.29, 0.717) is 0 Å². The molecule has 0 aliphatic carbocycles. The topological polar surface area (TPSA) is 0 Å². The Labute approximate surface area is 104 Å². The van der Waals surface area contributed by atoms with Crippen LogP contribution in [-0.4, -0.2) is 96.5 Å². The second-order valence-corrected chi connectivity index (χ2v) is 0.742. The summed E-state index contributed by atoms with van der Waals surface area (Å²) in [6.45, 7) is 0. The number of hydrogen-bond donors (Lipinski definition) is 0. The van der Waals surface area contributed by atoms with Crippen molar-refractivity contribution in [3.8, 4) is 0 Å². The molecule has 0 bridgehead atoms. The van der Waals surface area contributed by atoms with Crippen molar-refractivity contribution in [3.63, 3.8) is 0 Å². The van der Waals surface area contributed by atoms with E-state index in [1.165, 1.54) is 0 Å². The van der Waals surface area contributed by atoms with Gasteiger partial charge in [-0.05, 0) is 0 Å². The standard InChI is InChI=1S/Al.3FH.K.Na.2H/h;3*1H;;;;/q+3;;;;;;;/p-3. The molecule has 0 aromatic rings. The average Bonchev–Trinajstić information content (AvgIpc) is 0.811. The van der Waals surface area contributed by atoms with Gasteiger partial charge in [0.1, 0.15) is 0 Å². The van der Waals surface area contributed by atoms with Crippen molar-refractivity contribution in [2.75, 3.05) is 0 Å². The van der Waals surface area contributed by atoms with Gasteiger partial charge in [-0.2, -0.15) is 0 Å². The van der Waals surface area contributed by atoms with E-state index in [1.807, 2.05) is 0 Å². The van der Waals surface area contributed by atoms with Gasteiger partial charge in [-0.3, -0.25) is 0 Å². The molecule has 0 saturated carbocycles. The van der Waals surface area contributed by atoms with Gasteiger partial charge in [0.2, 0.25) is 0 Å². The molecule has 0 aliphatic rings.